The van der Waals surface area contributed by atoms with Crippen LogP contribution in [0, 0.1) is 0 Å². The van der Waals surface area contributed by atoms with Crippen molar-refractivity contribution >= 4 is 17.7 Å². The molecule has 0 N–H and O–H groups in total. The van der Waals surface area contributed by atoms with E-state index in [2.05, 4.69) is 4.98 Å². The molecule has 0 bridgehead atoms. The highest BCUT2D eigenvalue weighted by Gasteiger charge is 2.12. The van der Waals surface area contributed by atoms with E-state index in [0.29, 0.717) is 5.16 Å². The Morgan fingerprint density at radius 2 is 2.00 bits per heavy atom. The number of aromatic nitrogens is 2. The Balaban J connectivity index is 1.95. The molecule has 6 heteroatoms. The van der Waals surface area contributed by atoms with Gasteiger partial charge in [0.1, 0.15) is 6.61 Å². The predicted octanol–water partition coefficient (Wildman–Crippen LogP) is 2.74. The topological polar surface area (TPSA) is 61.2 Å². The number of nitrogens with zero attached hydrogens (tertiary/aromatic N) is 2. The molecule has 0 saturated heterocycles. The van der Waals surface area contributed by atoms with Crippen LogP contribution in [0.15, 0.2) is 46.3 Å². The molecule has 0 fully saturated rings. The first-order valence-corrected chi connectivity index (χ1v) is 8.36. The molecule has 0 amide bonds. The Kier molecular flexibility index (Phi) is 5.98. The van der Waals surface area contributed by atoms with Crippen molar-refractivity contribution in [2.45, 2.75) is 31.5 Å². The van der Waals surface area contributed by atoms with Crippen LogP contribution in [-0.2, 0) is 23.2 Å². The SMILES string of the molecule is CC(C)c1cc(=O)n(C)c(SCC(=O)OCc2ccccc2)n1. The minimum absolute atomic E-state index is 0.120. The summed E-state index contributed by atoms with van der Waals surface area (Å²) in [6.45, 7) is 4.20. The smallest absolute Gasteiger partial charge is 0.316 e. The molecule has 0 saturated carbocycles. The fraction of sp³-hybridized carbons (Fsp3) is 0.353. The second kappa shape index (κ2) is 7.97. The Hall–Kier alpha value is -2.08. The van der Waals surface area contributed by atoms with E-state index in [9.17, 15) is 9.59 Å². The number of hydrogen-bond acceptors (Lipinski definition) is 5. The van der Waals surface area contributed by atoms with Gasteiger partial charge in [0.05, 0.1) is 11.4 Å². The molecule has 0 aliphatic heterocycles. The molecule has 0 spiro atoms. The summed E-state index contributed by atoms with van der Waals surface area (Å²) in [7, 11) is 1.65. The molecule has 23 heavy (non-hydrogen) atoms. The first-order valence-electron chi connectivity index (χ1n) is 7.37. The van der Waals surface area contributed by atoms with Gasteiger partial charge in [-0.3, -0.25) is 14.2 Å². The number of carbonyl (C=O) groups excluding carboxylic acids is 1. The second-order valence-corrected chi connectivity index (χ2v) is 6.39. The molecule has 2 rings (SSSR count). The quantitative estimate of drug-likeness (QED) is 0.462. The van der Waals surface area contributed by atoms with Crippen LogP contribution < -0.4 is 5.56 Å². The van der Waals surface area contributed by atoms with Crippen molar-refractivity contribution in [1.82, 2.24) is 9.55 Å². The van der Waals surface area contributed by atoms with E-state index in [4.69, 9.17) is 4.74 Å². The minimum atomic E-state index is -0.331. The molecule has 1 aromatic heterocycles. The number of benzene rings is 1. The molecule has 122 valence electrons. The maximum atomic E-state index is 11.9. The minimum Gasteiger partial charge on any atom is -0.460 e. The first-order chi connectivity index (χ1) is 11.0. The molecular formula is C17H20N2O3S. The molecule has 0 aliphatic carbocycles. The summed E-state index contributed by atoms with van der Waals surface area (Å²) in [5.41, 5.74) is 1.55. The van der Waals surface area contributed by atoms with Crippen molar-refractivity contribution in [3.05, 3.63) is 58.0 Å². The van der Waals surface area contributed by atoms with E-state index in [0.717, 1.165) is 11.3 Å². The zero-order valence-electron chi connectivity index (χ0n) is 13.5. The van der Waals surface area contributed by atoms with E-state index >= 15 is 0 Å². The monoisotopic (exact) mass is 332 g/mol. The molecule has 0 unspecified atom stereocenters. The van der Waals surface area contributed by atoms with Crippen LogP contribution in [0.5, 0.6) is 0 Å². The normalized spacial score (nSPS) is 10.8. The lowest BCUT2D eigenvalue weighted by molar-refractivity contribution is -0.141. The second-order valence-electron chi connectivity index (χ2n) is 5.45. The standard InChI is InChI=1S/C17H20N2O3S/c1-12(2)14-9-15(20)19(3)17(18-14)23-11-16(21)22-10-13-7-5-4-6-8-13/h4-9,12H,10-11H2,1-3H3. The average molecular weight is 332 g/mol. The van der Waals surface area contributed by atoms with Crippen LogP contribution in [0.25, 0.3) is 0 Å². The van der Waals surface area contributed by atoms with Gasteiger partial charge in [-0.15, -0.1) is 0 Å². The summed E-state index contributed by atoms with van der Waals surface area (Å²) in [6, 6.07) is 11.0. The number of carbonyl (C=O) groups is 1. The molecule has 1 heterocycles. The zero-order chi connectivity index (χ0) is 16.8. The van der Waals surface area contributed by atoms with Crippen molar-refractivity contribution in [2.24, 2.45) is 7.05 Å². The largest absolute Gasteiger partial charge is 0.460 e. The summed E-state index contributed by atoms with van der Waals surface area (Å²) >= 11 is 1.21. The summed E-state index contributed by atoms with van der Waals surface area (Å²) in [4.78, 5) is 28.2. The van der Waals surface area contributed by atoms with Crippen LogP contribution >= 0.6 is 11.8 Å². The third-order valence-corrected chi connectivity index (χ3v) is 4.27. The Bertz CT molecular complexity index is 726. The number of rotatable bonds is 6. The van der Waals surface area contributed by atoms with E-state index in [1.807, 2.05) is 44.2 Å². The number of esters is 1. The van der Waals surface area contributed by atoms with Gasteiger partial charge in [-0.05, 0) is 11.5 Å². The zero-order valence-corrected chi connectivity index (χ0v) is 14.3. The van der Waals surface area contributed by atoms with Crippen molar-refractivity contribution in [1.29, 1.82) is 0 Å². The Morgan fingerprint density at radius 1 is 1.30 bits per heavy atom. The van der Waals surface area contributed by atoms with Gasteiger partial charge < -0.3 is 4.74 Å². The summed E-state index contributed by atoms with van der Waals surface area (Å²) < 4.78 is 6.67. The fourth-order valence-electron chi connectivity index (χ4n) is 1.86. The van der Waals surface area contributed by atoms with E-state index in [-0.39, 0.29) is 29.8 Å². The molecule has 2 aromatic rings. The molecular weight excluding hydrogens is 312 g/mol. The highest BCUT2D eigenvalue weighted by Crippen LogP contribution is 2.17. The van der Waals surface area contributed by atoms with Crippen LogP contribution in [0.3, 0.4) is 0 Å². The van der Waals surface area contributed by atoms with Gasteiger partial charge in [0, 0.05) is 13.1 Å². The fourth-order valence-corrected chi connectivity index (χ4v) is 2.65. The summed E-state index contributed by atoms with van der Waals surface area (Å²) in [5.74, 6) is -0.0504. The third-order valence-electron chi connectivity index (χ3n) is 3.27. The number of ether oxygens (including phenoxy) is 1. The highest BCUT2D eigenvalue weighted by molar-refractivity contribution is 7.99. The van der Waals surface area contributed by atoms with E-state index < -0.39 is 0 Å². The Morgan fingerprint density at radius 3 is 2.65 bits per heavy atom. The van der Waals surface area contributed by atoms with Gasteiger partial charge in [-0.2, -0.15) is 0 Å². The van der Waals surface area contributed by atoms with Crippen LogP contribution in [-0.4, -0.2) is 21.3 Å². The molecule has 0 atom stereocenters. The van der Waals surface area contributed by atoms with Crippen LogP contribution in [0.1, 0.15) is 31.0 Å². The van der Waals surface area contributed by atoms with Gasteiger partial charge in [-0.1, -0.05) is 55.9 Å². The van der Waals surface area contributed by atoms with Crippen molar-refractivity contribution in [3.8, 4) is 0 Å². The molecule has 0 radical (unpaired) electrons. The van der Waals surface area contributed by atoms with Gasteiger partial charge >= 0.3 is 5.97 Å². The van der Waals surface area contributed by atoms with Gasteiger partial charge in [0.15, 0.2) is 5.16 Å². The maximum absolute atomic E-state index is 11.9. The number of hydrogen-bond donors (Lipinski definition) is 0. The lowest BCUT2D eigenvalue weighted by atomic mass is 10.1. The van der Waals surface area contributed by atoms with Crippen molar-refractivity contribution in [3.63, 3.8) is 0 Å². The predicted molar refractivity (Wildman–Crippen MR) is 90.5 cm³/mol. The van der Waals surface area contributed by atoms with Gasteiger partial charge in [0.2, 0.25) is 0 Å². The van der Waals surface area contributed by atoms with Gasteiger partial charge in [-0.25, -0.2) is 4.98 Å². The van der Waals surface area contributed by atoms with Crippen LogP contribution in [0.4, 0.5) is 0 Å². The van der Waals surface area contributed by atoms with Gasteiger partial charge in [0.25, 0.3) is 5.56 Å². The van der Waals surface area contributed by atoms with Crippen molar-refractivity contribution in [2.75, 3.05) is 5.75 Å². The lowest BCUT2D eigenvalue weighted by Gasteiger charge is -2.10. The molecule has 1 aromatic carbocycles. The summed E-state index contributed by atoms with van der Waals surface area (Å²) in [6.07, 6.45) is 0. The first kappa shape index (κ1) is 17.3. The Labute approximate surface area is 139 Å². The van der Waals surface area contributed by atoms with Crippen molar-refractivity contribution < 1.29 is 9.53 Å². The average Bonchev–Trinajstić information content (AvgIpc) is 2.54. The molecule has 0 aliphatic rings. The lowest BCUT2D eigenvalue weighted by Crippen LogP contribution is -2.21. The molecule has 5 nitrogen and oxygen atoms in total. The highest BCUT2D eigenvalue weighted by atomic mass is 32.2. The third kappa shape index (κ3) is 4.96. The number of thioether (sulfide) groups is 1. The van der Waals surface area contributed by atoms with Crippen LogP contribution in [0.2, 0.25) is 0 Å². The maximum Gasteiger partial charge on any atom is 0.316 e. The van der Waals surface area contributed by atoms with E-state index in [1.165, 1.54) is 22.4 Å². The summed E-state index contributed by atoms with van der Waals surface area (Å²) in [5, 5.41) is 0.526. The van der Waals surface area contributed by atoms with E-state index in [1.54, 1.807) is 7.05 Å².